The van der Waals surface area contributed by atoms with Gasteiger partial charge in [0.15, 0.2) is 0 Å². The summed E-state index contributed by atoms with van der Waals surface area (Å²) in [5, 5.41) is 3.69. The van der Waals surface area contributed by atoms with Crippen LogP contribution in [0.1, 0.15) is 41.3 Å². The van der Waals surface area contributed by atoms with Crippen LogP contribution in [0.2, 0.25) is 0 Å². The predicted octanol–water partition coefficient (Wildman–Crippen LogP) is 2.93. The van der Waals surface area contributed by atoms with Gasteiger partial charge in [-0.15, -0.1) is 0 Å². The number of nitrogens with two attached hydrogens (primary N) is 1. The maximum Gasteiger partial charge on any atom is 0.251 e. The van der Waals surface area contributed by atoms with Gasteiger partial charge in [-0.2, -0.15) is 0 Å². The van der Waals surface area contributed by atoms with Crippen LogP contribution in [0.3, 0.4) is 0 Å². The lowest BCUT2D eigenvalue weighted by Gasteiger charge is -2.09. The molecular weight excluding hydrogens is 342 g/mol. The van der Waals surface area contributed by atoms with Gasteiger partial charge in [0.25, 0.3) is 5.56 Å². The predicted molar refractivity (Wildman–Crippen MR) is 106 cm³/mol. The number of aromatic nitrogens is 1. The number of primary amides is 1. The molecule has 0 saturated heterocycles. The van der Waals surface area contributed by atoms with Crippen molar-refractivity contribution >= 4 is 28.4 Å². The molecule has 6 heteroatoms. The fraction of sp³-hybridized carbons (Fsp3) is 0.190. The molecule has 0 atom stereocenters. The number of anilines is 1. The van der Waals surface area contributed by atoms with E-state index in [0.717, 1.165) is 22.0 Å². The summed E-state index contributed by atoms with van der Waals surface area (Å²) in [6.07, 6.45) is 0.198. The Morgan fingerprint density at radius 1 is 1.07 bits per heavy atom. The van der Waals surface area contributed by atoms with Crippen molar-refractivity contribution in [3.8, 4) is 0 Å². The Hall–Kier alpha value is -3.41. The standard InChI is InChI=1S/C21H21N3O3/c1-12(2)17-11-15-9-13(3-8-18(15)24-21(17)27)10-19(25)23-16-6-4-14(5-7-16)20(22)26/h3-9,11-12H,10H2,1-2H3,(H2,22,26)(H,23,25)(H,24,27). The molecule has 0 aliphatic heterocycles. The van der Waals surface area contributed by atoms with E-state index in [1.165, 1.54) is 0 Å². The molecule has 0 saturated carbocycles. The second kappa shape index (κ2) is 7.45. The number of carbonyl (C=O) groups excluding carboxylic acids is 2. The quantitative estimate of drug-likeness (QED) is 0.649. The highest BCUT2D eigenvalue weighted by atomic mass is 16.2. The molecule has 0 aliphatic rings. The van der Waals surface area contributed by atoms with Gasteiger partial charge in [-0.1, -0.05) is 19.9 Å². The van der Waals surface area contributed by atoms with E-state index in [4.69, 9.17) is 5.73 Å². The summed E-state index contributed by atoms with van der Waals surface area (Å²) in [6.45, 7) is 3.94. The number of benzene rings is 2. The van der Waals surface area contributed by atoms with Gasteiger partial charge in [0, 0.05) is 22.3 Å². The van der Waals surface area contributed by atoms with Crippen molar-refractivity contribution in [3.63, 3.8) is 0 Å². The molecule has 2 aromatic carbocycles. The van der Waals surface area contributed by atoms with Crippen LogP contribution in [0.15, 0.2) is 53.3 Å². The second-order valence-electron chi connectivity index (χ2n) is 6.80. The van der Waals surface area contributed by atoms with Gasteiger partial charge in [-0.05, 0) is 59.3 Å². The minimum Gasteiger partial charge on any atom is -0.366 e. The van der Waals surface area contributed by atoms with E-state index in [1.807, 2.05) is 38.1 Å². The number of H-pyrrole nitrogens is 1. The Balaban J connectivity index is 1.77. The van der Waals surface area contributed by atoms with E-state index >= 15 is 0 Å². The van der Waals surface area contributed by atoms with Gasteiger partial charge in [0.2, 0.25) is 11.8 Å². The van der Waals surface area contributed by atoms with Crippen molar-refractivity contribution in [2.45, 2.75) is 26.2 Å². The molecule has 2 amide bonds. The van der Waals surface area contributed by atoms with Crippen LogP contribution in [0.25, 0.3) is 10.9 Å². The minimum atomic E-state index is -0.511. The Bertz CT molecular complexity index is 1070. The lowest BCUT2D eigenvalue weighted by molar-refractivity contribution is -0.115. The molecule has 1 heterocycles. The summed E-state index contributed by atoms with van der Waals surface area (Å²) in [6, 6.07) is 13.8. The molecule has 1 aromatic heterocycles. The van der Waals surface area contributed by atoms with Gasteiger partial charge < -0.3 is 16.0 Å². The first kappa shape index (κ1) is 18.4. The summed E-state index contributed by atoms with van der Waals surface area (Å²) < 4.78 is 0. The highest BCUT2D eigenvalue weighted by Gasteiger charge is 2.09. The molecule has 27 heavy (non-hydrogen) atoms. The fourth-order valence-electron chi connectivity index (χ4n) is 2.92. The lowest BCUT2D eigenvalue weighted by atomic mass is 10.0. The number of hydrogen-bond donors (Lipinski definition) is 3. The first-order valence-electron chi connectivity index (χ1n) is 8.69. The van der Waals surface area contributed by atoms with E-state index in [1.54, 1.807) is 24.3 Å². The van der Waals surface area contributed by atoms with E-state index in [2.05, 4.69) is 10.3 Å². The van der Waals surface area contributed by atoms with Crippen molar-refractivity contribution in [1.82, 2.24) is 4.98 Å². The maximum absolute atomic E-state index is 12.3. The van der Waals surface area contributed by atoms with Gasteiger partial charge in [0.05, 0.1) is 6.42 Å². The highest BCUT2D eigenvalue weighted by molar-refractivity contribution is 5.95. The third kappa shape index (κ3) is 4.23. The molecular formula is C21H21N3O3. The third-order valence-electron chi connectivity index (χ3n) is 4.38. The van der Waals surface area contributed by atoms with Crippen LogP contribution in [-0.4, -0.2) is 16.8 Å². The van der Waals surface area contributed by atoms with Gasteiger partial charge in [-0.3, -0.25) is 14.4 Å². The monoisotopic (exact) mass is 363 g/mol. The second-order valence-corrected chi connectivity index (χ2v) is 6.80. The number of nitrogens with one attached hydrogen (secondary N) is 2. The van der Waals surface area contributed by atoms with Crippen LogP contribution in [0.4, 0.5) is 5.69 Å². The van der Waals surface area contributed by atoms with Crippen LogP contribution < -0.4 is 16.6 Å². The van der Waals surface area contributed by atoms with E-state index < -0.39 is 5.91 Å². The molecule has 3 rings (SSSR count). The number of aromatic amines is 1. The molecule has 0 bridgehead atoms. The van der Waals surface area contributed by atoms with Crippen molar-refractivity contribution in [2.24, 2.45) is 5.73 Å². The van der Waals surface area contributed by atoms with Crippen LogP contribution in [-0.2, 0) is 11.2 Å². The third-order valence-corrected chi connectivity index (χ3v) is 4.38. The molecule has 0 fully saturated rings. The first-order chi connectivity index (χ1) is 12.8. The van der Waals surface area contributed by atoms with Crippen molar-refractivity contribution < 1.29 is 9.59 Å². The van der Waals surface area contributed by atoms with E-state index in [9.17, 15) is 14.4 Å². The molecule has 138 valence electrons. The molecule has 0 unspecified atom stereocenters. The minimum absolute atomic E-state index is 0.0811. The van der Waals surface area contributed by atoms with Crippen LogP contribution in [0.5, 0.6) is 0 Å². The van der Waals surface area contributed by atoms with Gasteiger partial charge >= 0.3 is 0 Å². The average Bonchev–Trinajstić information content (AvgIpc) is 2.61. The zero-order valence-electron chi connectivity index (χ0n) is 15.2. The number of carbonyl (C=O) groups is 2. The number of amides is 2. The zero-order valence-corrected chi connectivity index (χ0v) is 15.2. The fourth-order valence-corrected chi connectivity index (χ4v) is 2.92. The Morgan fingerprint density at radius 3 is 2.41 bits per heavy atom. The molecule has 6 nitrogen and oxygen atoms in total. The zero-order chi connectivity index (χ0) is 19.6. The van der Waals surface area contributed by atoms with Crippen molar-refractivity contribution in [1.29, 1.82) is 0 Å². The normalized spacial score (nSPS) is 10.9. The Morgan fingerprint density at radius 2 is 1.78 bits per heavy atom. The molecule has 0 radical (unpaired) electrons. The summed E-state index contributed by atoms with van der Waals surface area (Å²) in [4.78, 5) is 38.3. The Kier molecular flexibility index (Phi) is 5.07. The summed E-state index contributed by atoms with van der Waals surface area (Å²) in [5.74, 6) is -0.564. The SMILES string of the molecule is CC(C)c1cc2cc(CC(=O)Nc3ccc(C(N)=O)cc3)ccc2[nH]c1=O. The number of fused-ring (bicyclic) bond motifs is 1. The van der Waals surface area contributed by atoms with Crippen LogP contribution >= 0.6 is 0 Å². The highest BCUT2D eigenvalue weighted by Crippen LogP contribution is 2.18. The first-order valence-corrected chi connectivity index (χ1v) is 8.69. The number of rotatable bonds is 5. The Labute approximate surface area is 156 Å². The largest absolute Gasteiger partial charge is 0.366 e. The topological polar surface area (TPSA) is 105 Å². The number of hydrogen-bond acceptors (Lipinski definition) is 3. The molecule has 4 N–H and O–H groups in total. The van der Waals surface area contributed by atoms with Crippen molar-refractivity contribution in [3.05, 3.63) is 75.6 Å². The summed E-state index contributed by atoms with van der Waals surface area (Å²) in [7, 11) is 0. The molecule has 3 aromatic rings. The summed E-state index contributed by atoms with van der Waals surface area (Å²) in [5.41, 5.74) is 8.41. The van der Waals surface area contributed by atoms with E-state index in [0.29, 0.717) is 11.3 Å². The van der Waals surface area contributed by atoms with Gasteiger partial charge in [-0.25, -0.2) is 0 Å². The molecule has 0 spiro atoms. The summed E-state index contributed by atoms with van der Waals surface area (Å²) >= 11 is 0. The smallest absolute Gasteiger partial charge is 0.251 e. The average molecular weight is 363 g/mol. The lowest BCUT2D eigenvalue weighted by Crippen LogP contribution is -2.16. The van der Waals surface area contributed by atoms with Crippen molar-refractivity contribution in [2.75, 3.05) is 5.32 Å². The van der Waals surface area contributed by atoms with E-state index in [-0.39, 0.29) is 23.8 Å². The maximum atomic E-state index is 12.3. The van der Waals surface area contributed by atoms with Crippen LogP contribution in [0, 0.1) is 0 Å². The molecule has 0 aliphatic carbocycles. The number of pyridine rings is 1. The van der Waals surface area contributed by atoms with Gasteiger partial charge in [0.1, 0.15) is 0 Å².